The van der Waals surface area contributed by atoms with Crippen molar-refractivity contribution in [3.05, 3.63) is 16.3 Å². The highest BCUT2D eigenvalue weighted by Crippen LogP contribution is 2.17. The summed E-state index contributed by atoms with van der Waals surface area (Å²) in [5.74, 6) is 0.0782. The molecule has 0 fully saturated rings. The Morgan fingerprint density at radius 3 is 2.80 bits per heavy atom. The van der Waals surface area contributed by atoms with Gasteiger partial charge in [-0.05, 0) is 18.5 Å². The Bertz CT molecular complexity index is 400. The molecule has 1 rings (SSSR count). The average molecular weight is 249 g/mol. The summed E-state index contributed by atoms with van der Waals surface area (Å²) >= 11 is 1.56. The molecule has 0 bridgehead atoms. The standard InChI is InChI=1S/C8H15N3O2S2/c1-10-15(12,13)5-3-11-6-8-7(9)2-4-14-8/h2,4,10-11H,3,5-6,9H2,1H3. The van der Waals surface area contributed by atoms with E-state index in [2.05, 4.69) is 10.0 Å². The van der Waals surface area contributed by atoms with Gasteiger partial charge >= 0.3 is 0 Å². The first kappa shape index (κ1) is 12.4. The first-order valence-electron chi connectivity index (χ1n) is 4.49. The van der Waals surface area contributed by atoms with E-state index in [4.69, 9.17) is 5.73 Å². The zero-order valence-electron chi connectivity index (χ0n) is 8.49. The maximum atomic E-state index is 11.1. The smallest absolute Gasteiger partial charge is 0.212 e. The van der Waals surface area contributed by atoms with E-state index in [9.17, 15) is 8.42 Å². The number of nitrogen functional groups attached to an aromatic ring is 1. The van der Waals surface area contributed by atoms with Gasteiger partial charge in [0.2, 0.25) is 10.0 Å². The van der Waals surface area contributed by atoms with Crippen LogP contribution in [0.5, 0.6) is 0 Å². The number of anilines is 1. The van der Waals surface area contributed by atoms with E-state index < -0.39 is 10.0 Å². The summed E-state index contributed by atoms with van der Waals surface area (Å²) in [6.45, 7) is 1.03. The molecule has 1 aromatic rings. The third-order valence-corrected chi connectivity index (χ3v) is 4.22. The summed E-state index contributed by atoms with van der Waals surface area (Å²) in [5.41, 5.74) is 6.43. The van der Waals surface area contributed by atoms with Crippen molar-refractivity contribution in [1.29, 1.82) is 0 Å². The Morgan fingerprint density at radius 1 is 1.53 bits per heavy atom. The van der Waals surface area contributed by atoms with Gasteiger partial charge in [0.05, 0.1) is 5.75 Å². The quantitative estimate of drug-likeness (QED) is 0.618. The Kier molecular flexibility index (Phi) is 4.52. The van der Waals surface area contributed by atoms with Crippen LogP contribution in [0.25, 0.3) is 0 Å². The monoisotopic (exact) mass is 249 g/mol. The van der Waals surface area contributed by atoms with Crippen LogP contribution in [0.15, 0.2) is 11.4 Å². The maximum absolute atomic E-state index is 11.1. The molecule has 0 atom stereocenters. The second-order valence-electron chi connectivity index (χ2n) is 3.00. The number of hydrogen-bond donors (Lipinski definition) is 3. The summed E-state index contributed by atoms with van der Waals surface area (Å²) in [6, 6.07) is 1.84. The van der Waals surface area contributed by atoms with Crippen molar-refractivity contribution in [2.45, 2.75) is 6.54 Å². The van der Waals surface area contributed by atoms with Gasteiger partial charge in [-0.3, -0.25) is 0 Å². The number of thiophene rings is 1. The molecule has 0 saturated carbocycles. The first-order chi connectivity index (χ1) is 7.05. The molecule has 4 N–H and O–H groups in total. The van der Waals surface area contributed by atoms with Crippen LogP contribution >= 0.6 is 11.3 Å². The summed E-state index contributed by atoms with van der Waals surface area (Å²) in [7, 11) is -1.70. The molecular formula is C8H15N3O2S2. The van der Waals surface area contributed by atoms with Crippen molar-refractivity contribution in [1.82, 2.24) is 10.0 Å². The van der Waals surface area contributed by atoms with Crippen LogP contribution in [0.3, 0.4) is 0 Å². The summed E-state index contributed by atoms with van der Waals surface area (Å²) in [4.78, 5) is 1.04. The van der Waals surface area contributed by atoms with Crippen molar-refractivity contribution in [3.63, 3.8) is 0 Å². The molecule has 0 spiro atoms. The maximum Gasteiger partial charge on any atom is 0.212 e. The van der Waals surface area contributed by atoms with Crippen LogP contribution in [0.4, 0.5) is 5.69 Å². The van der Waals surface area contributed by atoms with Gasteiger partial charge in [0.1, 0.15) is 0 Å². The second kappa shape index (κ2) is 5.45. The highest BCUT2D eigenvalue weighted by Gasteiger charge is 2.06. The molecule has 86 valence electrons. The molecule has 0 saturated heterocycles. The largest absolute Gasteiger partial charge is 0.398 e. The number of nitrogens with one attached hydrogen (secondary N) is 2. The lowest BCUT2D eigenvalue weighted by atomic mass is 10.4. The van der Waals surface area contributed by atoms with Crippen molar-refractivity contribution >= 4 is 27.0 Å². The highest BCUT2D eigenvalue weighted by molar-refractivity contribution is 7.89. The average Bonchev–Trinajstić information content (AvgIpc) is 2.59. The molecule has 15 heavy (non-hydrogen) atoms. The fourth-order valence-electron chi connectivity index (χ4n) is 1.00. The van der Waals surface area contributed by atoms with Gasteiger partial charge in [0.15, 0.2) is 0 Å². The number of sulfonamides is 1. The third kappa shape index (κ3) is 4.17. The fourth-order valence-corrected chi connectivity index (χ4v) is 2.39. The second-order valence-corrected chi connectivity index (χ2v) is 6.05. The predicted octanol–water partition coefficient (Wildman–Crippen LogP) is -0.0309. The van der Waals surface area contributed by atoms with Gasteiger partial charge in [-0.25, -0.2) is 13.1 Å². The molecule has 0 amide bonds. The Morgan fingerprint density at radius 2 is 2.27 bits per heavy atom. The normalized spacial score (nSPS) is 11.8. The third-order valence-electron chi connectivity index (χ3n) is 1.92. The van der Waals surface area contributed by atoms with E-state index in [1.54, 1.807) is 11.3 Å². The van der Waals surface area contributed by atoms with Gasteiger partial charge in [-0.1, -0.05) is 0 Å². The van der Waals surface area contributed by atoms with Gasteiger partial charge in [-0.15, -0.1) is 11.3 Å². The van der Waals surface area contributed by atoms with Crippen molar-refractivity contribution in [2.75, 3.05) is 25.1 Å². The lowest BCUT2D eigenvalue weighted by Crippen LogP contribution is -2.29. The zero-order chi connectivity index (χ0) is 11.3. The Balaban J connectivity index is 2.26. The topological polar surface area (TPSA) is 84.2 Å². The Labute approximate surface area is 93.7 Å². The molecule has 0 aromatic carbocycles. The zero-order valence-corrected chi connectivity index (χ0v) is 10.1. The van der Waals surface area contributed by atoms with E-state index in [1.165, 1.54) is 7.05 Å². The van der Waals surface area contributed by atoms with Crippen molar-refractivity contribution in [2.24, 2.45) is 0 Å². The van der Waals surface area contributed by atoms with Crippen LogP contribution < -0.4 is 15.8 Å². The highest BCUT2D eigenvalue weighted by atomic mass is 32.2. The van der Waals surface area contributed by atoms with Crippen LogP contribution in [-0.2, 0) is 16.6 Å². The minimum atomic E-state index is -3.11. The van der Waals surface area contributed by atoms with E-state index in [0.29, 0.717) is 13.1 Å². The van der Waals surface area contributed by atoms with E-state index >= 15 is 0 Å². The van der Waals surface area contributed by atoms with Gasteiger partial charge < -0.3 is 11.1 Å². The van der Waals surface area contributed by atoms with Crippen LogP contribution in [0.2, 0.25) is 0 Å². The first-order valence-corrected chi connectivity index (χ1v) is 7.02. The van der Waals surface area contributed by atoms with Crippen LogP contribution in [0, 0.1) is 0 Å². The molecule has 0 radical (unpaired) electrons. The minimum Gasteiger partial charge on any atom is -0.398 e. The summed E-state index contributed by atoms with van der Waals surface area (Å²) in [6.07, 6.45) is 0. The lowest BCUT2D eigenvalue weighted by Gasteiger charge is -2.04. The Hall–Kier alpha value is -0.630. The van der Waals surface area contributed by atoms with E-state index in [-0.39, 0.29) is 5.75 Å². The molecule has 7 heteroatoms. The molecule has 5 nitrogen and oxygen atoms in total. The minimum absolute atomic E-state index is 0.0782. The molecule has 0 aliphatic rings. The van der Waals surface area contributed by atoms with Crippen molar-refractivity contribution in [3.8, 4) is 0 Å². The van der Waals surface area contributed by atoms with Gasteiger partial charge in [0.25, 0.3) is 0 Å². The van der Waals surface area contributed by atoms with Crippen molar-refractivity contribution < 1.29 is 8.42 Å². The number of nitrogens with two attached hydrogens (primary N) is 1. The molecule has 0 aliphatic heterocycles. The van der Waals surface area contributed by atoms with E-state index in [1.807, 2.05) is 11.4 Å². The number of rotatable bonds is 6. The SMILES string of the molecule is CNS(=O)(=O)CCNCc1sccc1N. The molecule has 0 unspecified atom stereocenters. The molecular weight excluding hydrogens is 234 g/mol. The summed E-state index contributed by atoms with van der Waals surface area (Å²) in [5, 5.41) is 4.94. The predicted molar refractivity (Wildman–Crippen MR) is 63.3 cm³/mol. The number of hydrogen-bond acceptors (Lipinski definition) is 5. The van der Waals surface area contributed by atoms with Gasteiger partial charge in [0, 0.05) is 23.7 Å². The summed E-state index contributed by atoms with van der Waals surface area (Å²) < 4.78 is 24.4. The van der Waals surface area contributed by atoms with E-state index in [0.717, 1.165) is 10.6 Å². The van der Waals surface area contributed by atoms with Gasteiger partial charge in [-0.2, -0.15) is 0 Å². The van der Waals surface area contributed by atoms with Crippen LogP contribution in [-0.4, -0.2) is 27.8 Å². The molecule has 1 heterocycles. The lowest BCUT2D eigenvalue weighted by molar-refractivity contribution is 0.583. The fraction of sp³-hybridized carbons (Fsp3) is 0.500. The van der Waals surface area contributed by atoms with Crippen LogP contribution in [0.1, 0.15) is 4.88 Å². The molecule has 0 aliphatic carbocycles. The molecule has 1 aromatic heterocycles.